The fourth-order valence-electron chi connectivity index (χ4n) is 2.44. The quantitative estimate of drug-likeness (QED) is 0.820. The second kappa shape index (κ2) is 7.63. The van der Waals surface area contributed by atoms with Crippen LogP contribution < -0.4 is 0 Å². The number of amides is 1. The largest absolute Gasteiger partial charge is 0.416 e. The summed E-state index contributed by atoms with van der Waals surface area (Å²) in [5, 5.41) is 7.35. The molecule has 1 aromatic carbocycles. The molecule has 0 fully saturated rings. The highest BCUT2D eigenvalue weighted by atomic mass is 19.4. The van der Waals surface area contributed by atoms with E-state index in [0.717, 1.165) is 24.8 Å². The predicted octanol–water partition coefficient (Wildman–Crippen LogP) is 3.81. The first-order valence-corrected chi connectivity index (χ1v) is 7.98. The van der Waals surface area contributed by atoms with Crippen molar-refractivity contribution in [2.24, 2.45) is 0 Å². The van der Waals surface area contributed by atoms with Crippen LogP contribution in [0.3, 0.4) is 0 Å². The molecule has 0 spiro atoms. The highest BCUT2D eigenvalue weighted by Crippen LogP contribution is 2.33. The Hall–Kier alpha value is -2.77. The van der Waals surface area contributed by atoms with Crippen molar-refractivity contribution in [1.82, 2.24) is 14.9 Å². The molecule has 0 atom stereocenters. The van der Waals surface area contributed by atoms with Crippen LogP contribution in [0.2, 0.25) is 0 Å². The molecule has 0 bridgehead atoms. The monoisotopic (exact) mass is 364 g/mol. The highest BCUT2D eigenvalue weighted by molar-refractivity contribution is 5.95. The van der Waals surface area contributed by atoms with Crippen molar-refractivity contribution in [3.63, 3.8) is 0 Å². The Labute approximate surface area is 149 Å². The molecule has 0 unspecified atom stereocenters. The number of hydrogen-bond donors (Lipinski definition) is 1. The van der Waals surface area contributed by atoms with Gasteiger partial charge in [-0.3, -0.25) is 4.79 Å². The lowest BCUT2D eigenvalue weighted by Gasteiger charge is -2.15. The molecular formula is C18H19F3N4O. The van der Waals surface area contributed by atoms with Gasteiger partial charge in [-0.05, 0) is 30.7 Å². The molecule has 5 nitrogen and oxygen atoms in total. The van der Waals surface area contributed by atoms with Crippen LogP contribution in [0, 0.1) is 5.41 Å². The molecule has 26 heavy (non-hydrogen) atoms. The average molecular weight is 364 g/mol. The van der Waals surface area contributed by atoms with Gasteiger partial charge in [0.15, 0.2) is 5.82 Å². The van der Waals surface area contributed by atoms with Gasteiger partial charge in [0.2, 0.25) is 0 Å². The van der Waals surface area contributed by atoms with Crippen LogP contribution in [0.1, 0.15) is 40.8 Å². The van der Waals surface area contributed by atoms with Gasteiger partial charge in [0.1, 0.15) is 0 Å². The first-order chi connectivity index (χ1) is 12.2. The van der Waals surface area contributed by atoms with E-state index in [0.29, 0.717) is 12.1 Å². The molecule has 0 aliphatic carbocycles. The predicted molar refractivity (Wildman–Crippen MR) is 92.4 cm³/mol. The SMILES string of the molecule is CCCc1cc(-c2cc(C(=O)N(C)C)cc(C(F)(F)F)c2)nc(C=N)n1. The molecular weight excluding hydrogens is 345 g/mol. The number of rotatable bonds is 5. The van der Waals surface area contributed by atoms with Crippen LogP contribution in [-0.4, -0.2) is 41.1 Å². The van der Waals surface area contributed by atoms with Crippen molar-refractivity contribution in [3.8, 4) is 11.3 Å². The molecule has 0 saturated heterocycles. The maximum atomic E-state index is 13.3. The Morgan fingerprint density at radius 1 is 1.19 bits per heavy atom. The summed E-state index contributed by atoms with van der Waals surface area (Å²) < 4.78 is 39.8. The summed E-state index contributed by atoms with van der Waals surface area (Å²) in [5.74, 6) is -0.420. The van der Waals surface area contributed by atoms with Gasteiger partial charge in [0, 0.05) is 30.9 Å². The van der Waals surface area contributed by atoms with Crippen molar-refractivity contribution in [1.29, 1.82) is 5.41 Å². The van der Waals surface area contributed by atoms with Crippen LogP contribution in [0.15, 0.2) is 24.3 Å². The van der Waals surface area contributed by atoms with E-state index in [1.807, 2.05) is 6.92 Å². The van der Waals surface area contributed by atoms with Crippen LogP contribution in [0.25, 0.3) is 11.3 Å². The molecule has 0 radical (unpaired) electrons. The van der Waals surface area contributed by atoms with E-state index < -0.39 is 17.6 Å². The zero-order valence-corrected chi connectivity index (χ0v) is 14.7. The summed E-state index contributed by atoms with van der Waals surface area (Å²) in [4.78, 5) is 21.7. The molecule has 8 heteroatoms. The molecule has 0 aliphatic rings. The molecule has 2 rings (SSSR count). The number of alkyl halides is 3. The molecule has 1 N–H and O–H groups in total. The molecule has 0 saturated carbocycles. The summed E-state index contributed by atoms with van der Waals surface area (Å²) >= 11 is 0. The first-order valence-electron chi connectivity index (χ1n) is 7.98. The third-order valence-corrected chi connectivity index (χ3v) is 3.64. The fourth-order valence-corrected chi connectivity index (χ4v) is 2.44. The van der Waals surface area contributed by atoms with Gasteiger partial charge in [-0.25, -0.2) is 9.97 Å². The van der Waals surface area contributed by atoms with Crippen LogP contribution in [0.5, 0.6) is 0 Å². The lowest BCUT2D eigenvalue weighted by atomic mass is 10.0. The molecule has 138 valence electrons. The number of hydrogen-bond acceptors (Lipinski definition) is 4. The number of aromatic nitrogens is 2. The summed E-state index contributed by atoms with van der Waals surface area (Å²) in [6.07, 6.45) is -2.25. The second-order valence-corrected chi connectivity index (χ2v) is 5.99. The lowest BCUT2D eigenvalue weighted by molar-refractivity contribution is -0.137. The van der Waals surface area contributed by atoms with Crippen LogP contribution in [0.4, 0.5) is 13.2 Å². The normalized spacial score (nSPS) is 11.3. The third-order valence-electron chi connectivity index (χ3n) is 3.64. The Bertz CT molecular complexity index is 832. The first kappa shape index (κ1) is 19.6. The fraction of sp³-hybridized carbons (Fsp3) is 0.333. The highest BCUT2D eigenvalue weighted by Gasteiger charge is 2.32. The standard InChI is InChI=1S/C18H19F3N4O/c1-4-5-14-9-15(24-16(10-22)23-14)11-6-12(17(26)25(2)3)8-13(7-11)18(19,20)21/h6-10,22H,4-5H2,1-3H3. The molecule has 0 aliphatic heterocycles. The second-order valence-electron chi connectivity index (χ2n) is 5.99. The van der Waals surface area contributed by atoms with Gasteiger partial charge in [-0.15, -0.1) is 0 Å². The molecule has 1 heterocycles. The zero-order chi connectivity index (χ0) is 19.5. The van der Waals surface area contributed by atoms with Crippen molar-refractivity contribution < 1.29 is 18.0 Å². The third kappa shape index (κ3) is 4.44. The van der Waals surface area contributed by atoms with E-state index in [9.17, 15) is 18.0 Å². The number of aryl methyl sites for hydroxylation is 1. The number of nitrogens with zero attached hydrogens (tertiary/aromatic N) is 3. The van der Waals surface area contributed by atoms with E-state index in [1.54, 1.807) is 6.07 Å². The number of carbonyl (C=O) groups excluding carboxylic acids is 1. The smallest absolute Gasteiger partial charge is 0.345 e. The van der Waals surface area contributed by atoms with Gasteiger partial charge in [0.05, 0.1) is 17.5 Å². The van der Waals surface area contributed by atoms with Gasteiger partial charge >= 0.3 is 6.18 Å². The van der Waals surface area contributed by atoms with Gasteiger partial charge < -0.3 is 10.3 Å². The number of carbonyl (C=O) groups is 1. The Morgan fingerprint density at radius 3 is 2.42 bits per heavy atom. The van der Waals surface area contributed by atoms with Gasteiger partial charge in [0.25, 0.3) is 5.91 Å². The lowest BCUT2D eigenvalue weighted by Crippen LogP contribution is -2.22. The Balaban J connectivity index is 2.68. The number of nitrogens with one attached hydrogen (secondary N) is 1. The minimum Gasteiger partial charge on any atom is -0.345 e. The van der Waals surface area contributed by atoms with Crippen LogP contribution in [-0.2, 0) is 12.6 Å². The minimum absolute atomic E-state index is 0.0770. The molecule has 1 amide bonds. The van der Waals surface area contributed by atoms with Crippen LogP contribution >= 0.6 is 0 Å². The van der Waals surface area contributed by atoms with E-state index in [4.69, 9.17) is 5.41 Å². The molecule has 1 aromatic heterocycles. The minimum atomic E-state index is -4.60. The summed E-state index contributed by atoms with van der Waals surface area (Å²) in [6, 6.07) is 4.76. The zero-order valence-electron chi connectivity index (χ0n) is 14.7. The number of halogens is 3. The van der Waals surface area contributed by atoms with Gasteiger partial charge in [-0.1, -0.05) is 13.3 Å². The van der Waals surface area contributed by atoms with E-state index in [1.165, 1.54) is 25.1 Å². The van der Waals surface area contributed by atoms with Crippen molar-refractivity contribution in [3.05, 3.63) is 46.9 Å². The van der Waals surface area contributed by atoms with E-state index in [-0.39, 0.29) is 22.6 Å². The number of benzene rings is 1. The van der Waals surface area contributed by atoms with Crippen molar-refractivity contribution >= 4 is 12.1 Å². The van der Waals surface area contributed by atoms with Crippen molar-refractivity contribution in [2.45, 2.75) is 25.9 Å². The maximum absolute atomic E-state index is 13.3. The average Bonchev–Trinajstić information content (AvgIpc) is 2.59. The van der Waals surface area contributed by atoms with Crippen molar-refractivity contribution in [2.75, 3.05) is 14.1 Å². The van der Waals surface area contributed by atoms with E-state index in [2.05, 4.69) is 9.97 Å². The topological polar surface area (TPSA) is 69.9 Å². The Kier molecular flexibility index (Phi) is 5.74. The Morgan fingerprint density at radius 2 is 1.88 bits per heavy atom. The maximum Gasteiger partial charge on any atom is 0.416 e. The molecule has 2 aromatic rings. The van der Waals surface area contributed by atoms with Gasteiger partial charge in [-0.2, -0.15) is 13.2 Å². The summed E-state index contributed by atoms with van der Waals surface area (Å²) in [7, 11) is 2.94. The summed E-state index contributed by atoms with van der Waals surface area (Å²) in [6.45, 7) is 1.95. The summed E-state index contributed by atoms with van der Waals surface area (Å²) in [5.41, 5.74) is 0.0433. The van der Waals surface area contributed by atoms with E-state index >= 15 is 0 Å².